The molecule has 1 aliphatic rings. The van der Waals surface area contributed by atoms with Gasteiger partial charge in [-0.2, -0.15) is 0 Å². The normalized spacial score (nSPS) is 14.4. The number of para-hydroxylation sites is 1. The monoisotopic (exact) mass is 377 g/mol. The number of pyridine rings is 1. The number of rotatable bonds is 5. The predicted octanol–water partition coefficient (Wildman–Crippen LogP) is 5.37. The fourth-order valence-electron chi connectivity index (χ4n) is 3.61. The molecule has 5 heteroatoms. The lowest BCUT2D eigenvalue weighted by Gasteiger charge is -2.15. The second-order valence-electron chi connectivity index (χ2n) is 6.88. The van der Waals surface area contributed by atoms with Crippen molar-refractivity contribution in [3.63, 3.8) is 0 Å². The van der Waals surface area contributed by atoms with E-state index in [1.807, 2.05) is 42.5 Å². The molecule has 138 valence electrons. The molecular formula is C22H23N3OS. The Kier molecular flexibility index (Phi) is 5.30. The number of carbonyl (C=O) groups is 1. The molecule has 4 rings (SSSR count). The number of thioether (sulfide) groups is 1. The molecule has 2 N–H and O–H groups in total. The second kappa shape index (κ2) is 8.01. The van der Waals surface area contributed by atoms with Crippen LogP contribution in [0.15, 0.2) is 59.5 Å². The van der Waals surface area contributed by atoms with Crippen LogP contribution in [-0.4, -0.2) is 23.2 Å². The maximum atomic E-state index is 12.9. The highest BCUT2D eigenvalue weighted by Crippen LogP contribution is 2.26. The minimum atomic E-state index is -0.0126. The van der Waals surface area contributed by atoms with Gasteiger partial charge in [0.15, 0.2) is 0 Å². The minimum absolute atomic E-state index is 0.0126. The van der Waals surface area contributed by atoms with Crippen molar-refractivity contribution in [1.29, 1.82) is 0 Å². The molecule has 0 aliphatic heterocycles. The van der Waals surface area contributed by atoms with Crippen LogP contribution in [0.3, 0.4) is 0 Å². The van der Waals surface area contributed by atoms with Gasteiger partial charge in [0.1, 0.15) is 5.82 Å². The highest BCUT2D eigenvalue weighted by molar-refractivity contribution is 7.98. The number of fused-ring (bicyclic) bond motifs is 1. The summed E-state index contributed by atoms with van der Waals surface area (Å²) in [6, 6.07) is 18.1. The molecule has 1 heterocycles. The van der Waals surface area contributed by atoms with Crippen LogP contribution in [-0.2, 0) is 0 Å². The number of carbonyl (C=O) groups excluding carboxylic acids is 1. The van der Waals surface area contributed by atoms with Crippen molar-refractivity contribution in [2.24, 2.45) is 0 Å². The molecule has 0 radical (unpaired) electrons. The van der Waals surface area contributed by atoms with E-state index in [1.165, 1.54) is 17.7 Å². The lowest BCUT2D eigenvalue weighted by molar-refractivity contribution is 0.0939. The number of benzene rings is 2. The Bertz CT molecular complexity index is 967. The van der Waals surface area contributed by atoms with Crippen LogP contribution in [0.5, 0.6) is 0 Å². The molecule has 1 aliphatic carbocycles. The molecule has 27 heavy (non-hydrogen) atoms. The number of aromatic nitrogens is 1. The predicted molar refractivity (Wildman–Crippen MR) is 113 cm³/mol. The number of nitrogens with one attached hydrogen (secondary N) is 2. The van der Waals surface area contributed by atoms with Crippen molar-refractivity contribution in [2.75, 3.05) is 11.6 Å². The van der Waals surface area contributed by atoms with E-state index in [0.29, 0.717) is 17.4 Å². The number of nitrogens with zero attached hydrogens (tertiary/aromatic N) is 1. The second-order valence-corrected chi connectivity index (χ2v) is 7.76. The zero-order valence-corrected chi connectivity index (χ0v) is 16.2. The highest BCUT2D eigenvalue weighted by Gasteiger charge is 2.20. The molecule has 3 aromatic rings. The lowest BCUT2D eigenvalue weighted by atomic mass is 10.1. The van der Waals surface area contributed by atoms with Gasteiger partial charge in [0.25, 0.3) is 5.91 Å². The van der Waals surface area contributed by atoms with Crippen LogP contribution in [0.2, 0.25) is 0 Å². The third-order valence-corrected chi connectivity index (χ3v) is 5.72. The van der Waals surface area contributed by atoms with Gasteiger partial charge >= 0.3 is 0 Å². The van der Waals surface area contributed by atoms with E-state index in [4.69, 9.17) is 4.98 Å². The third kappa shape index (κ3) is 4.08. The molecule has 0 atom stereocenters. The van der Waals surface area contributed by atoms with Crippen molar-refractivity contribution >= 4 is 40.1 Å². The first-order valence-corrected chi connectivity index (χ1v) is 10.6. The van der Waals surface area contributed by atoms with E-state index in [1.54, 1.807) is 11.8 Å². The summed E-state index contributed by atoms with van der Waals surface area (Å²) in [7, 11) is 0. The van der Waals surface area contributed by atoms with Crippen LogP contribution in [0.25, 0.3) is 10.9 Å². The Labute approximate surface area is 163 Å². The summed E-state index contributed by atoms with van der Waals surface area (Å²) in [5.74, 6) is 0.671. The quantitative estimate of drug-likeness (QED) is 0.587. The Morgan fingerprint density at radius 3 is 2.70 bits per heavy atom. The molecule has 0 spiro atoms. The average Bonchev–Trinajstić information content (AvgIpc) is 3.20. The van der Waals surface area contributed by atoms with E-state index in [-0.39, 0.29) is 5.91 Å². The molecule has 4 nitrogen and oxygen atoms in total. The topological polar surface area (TPSA) is 54.0 Å². The first-order valence-electron chi connectivity index (χ1n) is 9.34. The maximum Gasteiger partial charge on any atom is 0.252 e. The molecule has 0 saturated heterocycles. The minimum Gasteiger partial charge on any atom is -0.349 e. The van der Waals surface area contributed by atoms with E-state index in [2.05, 4.69) is 29.0 Å². The van der Waals surface area contributed by atoms with Crippen molar-refractivity contribution < 1.29 is 4.79 Å². The van der Waals surface area contributed by atoms with Gasteiger partial charge in [-0.3, -0.25) is 4.79 Å². The first kappa shape index (κ1) is 17.9. The molecule has 2 aromatic carbocycles. The van der Waals surface area contributed by atoms with E-state index < -0.39 is 0 Å². The summed E-state index contributed by atoms with van der Waals surface area (Å²) in [5, 5.41) is 7.44. The summed E-state index contributed by atoms with van der Waals surface area (Å²) in [4.78, 5) is 18.8. The average molecular weight is 378 g/mol. The standard InChI is InChI=1S/C22H23N3OS/c1-27-17-10-6-9-16(13-17)23-21-14-19(18-11-4-5-12-20(18)25-21)22(26)24-15-7-2-3-8-15/h4-6,9-15H,2-3,7-8H2,1H3,(H,23,25)(H,24,26). The van der Waals surface area contributed by atoms with Gasteiger partial charge in [0.2, 0.25) is 0 Å². The largest absolute Gasteiger partial charge is 0.349 e. The zero-order chi connectivity index (χ0) is 18.6. The Hall–Kier alpha value is -2.53. The Morgan fingerprint density at radius 1 is 1.07 bits per heavy atom. The highest BCUT2D eigenvalue weighted by atomic mass is 32.2. The van der Waals surface area contributed by atoms with E-state index >= 15 is 0 Å². The molecule has 1 fully saturated rings. The Balaban J connectivity index is 1.68. The van der Waals surface area contributed by atoms with Gasteiger partial charge < -0.3 is 10.6 Å². The van der Waals surface area contributed by atoms with Crippen LogP contribution in [0, 0.1) is 0 Å². The van der Waals surface area contributed by atoms with E-state index in [9.17, 15) is 4.79 Å². The van der Waals surface area contributed by atoms with Crippen molar-refractivity contribution in [2.45, 2.75) is 36.6 Å². The SMILES string of the molecule is CSc1cccc(Nc2cc(C(=O)NC3CCCC3)c3ccccc3n2)c1. The fourth-order valence-corrected chi connectivity index (χ4v) is 4.07. The molecule has 0 unspecified atom stereocenters. The lowest BCUT2D eigenvalue weighted by Crippen LogP contribution is -2.32. The van der Waals surface area contributed by atoms with Gasteiger partial charge in [-0.25, -0.2) is 4.98 Å². The number of amides is 1. The number of hydrogen-bond acceptors (Lipinski definition) is 4. The third-order valence-electron chi connectivity index (χ3n) is 4.99. The summed E-state index contributed by atoms with van der Waals surface area (Å²) in [6.07, 6.45) is 6.59. The van der Waals surface area contributed by atoms with Crippen LogP contribution >= 0.6 is 11.8 Å². The van der Waals surface area contributed by atoms with Crippen LogP contribution < -0.4 is 10.6 Å². The zero-order valence-electron chi connectivity index (χ0n) is 15.4. The van der Waals surface area contributed by atoms with Crippen molar-refractivity contribution in [3.05, 3.63) is 60.2 Å². The van der Waals surface area contributed by atoms with Gasteiger partial charge in [0.05, 0.1) is 11.1 Å². The molecule has 1 aromatic heterocycles. The number of anilines is 2. The fraction of sp³-hybridized carbons (Fsp3) is 0.273. The molecule has 1 saturated carbocycles. The van der Waals surface area contributed by atoms with Gasteiger partial charge in [-0.1, -0.05) is 37.1 Å². The van der Waals surface area contributed by atoms with Gasteiger partial charge in [-0.15, -0.1) is 11.8 Å². The van der Waals surface area contributed by atoms with Gasteiger partial charge in [-0.05, 0) is 49.4 Å². The molecule has 1 amide bonds. The van der Waals surface area contributed by atoms with Crippen molar-refractivity contribution in [3.8, 4) is 0 Å². The summed E-state index contributed by atoms with van der Waals surface area (Å²) < 4.78 is 0. The van der Waals surface area contributed by atoms with Crippen LogP contribution in [0.1, 0.15) is 36.0 Å². The summed E-state index contributed by atoms with van der Waals surface area (Å²) in [6.45, 7) is 0. The Morgan fingerprint density at radius 2 is 1.89 bits per heavy atom. The summed E-state index contributed by atoms with van der Waals surface area (Å²) in [5.41, 5.74) is 2.46. The smallest absolute Gasteiger partial charge is 0.252 e. The van der Waals surface area contributed by atoms with E-state index in [0.717, 1.165) is 29.4 Å². The molecular weight excluding hydrogens is 354 g/mol. The summed E-state index contributed by atoms with van der Waals surface area (Å²) >= 11 is 1.70. The first-order chi connectivity index (χ1) is 13.2. The number of hydrogen-bond donors (Lipinski definition) is 2. The van der Waals surface area contributed by atoms with Crippen LogP contribution in [0.4, 0.5) is 11.5 Å². The van der Waals surface area contributed by atoms with Gasteiger partial charge in [0, 0.05) is 22.0 Å². The maximum absolute atomic E-state index is 12.9. The van der Waals surface area contributed by atoms with Crippen molar-refractivity contribution in [1.82, 2.24) is 10.3 Å². The molecule has 0 bridgehead atoms.